The first-order valence-electron chi connectivity index (χ1n) is 7.65. The van der Waals surface area contributed by atoms with Crippen molar-refractivity contribution in [2.45, 2.75) is 6.42 Å². The van der Waals surface area contributed by atoms with Gasteiger partial charge in [0, 0.05) is 10.5 Å². The zero-order valence-electron chi connectivity index (χ0n) is 13.2. The Kier molecular flexibility index (Phi) is 4.91. The fourth-order valence-corrected chi connectivity index (χ4v) is 2.56. The molecule has 5 heteroatoms. The summed E-state index contributed by atoms with van der Waals surface area (Å²) < 4.78 is 0. The van der Waals surface area contributed by atoms with E-state index >= 15 is 0 Å². The molecule has 0 fully saturated rings. The molecule has 0 atom stereocenters. The van der Waals surface area contributed by atoms with E-state index in [1.807, 2.05) is 6.07 Å². The molecular weight excluding hydrogens is 338 g/mol. The number of para-hydroxylation sites is 1. The Morgan fingerprint density at radius 3 is 2.52 bits per heavy atom. The summed E-state index contributed by atoms with van der Waals surface area (Å²) in [6.07, 6.45) is 2.58. The SMILES string of the molecule is O=C(/C=C\c1ccc(Cl)cc1)CC(=O)c1cc2ccccc2[nH]c1=O. The van der Waals surface area contributed by atoms with Crippen molar-refractivity contribution in [1.82, 2.24) is 4.98 Å². The molecule has 1 heterocycles. The number of allylic oxidation sites excluding steroid dienone is 1. The minimum Gasteiger partial charge on any atom is -0.321 e. The van der Waals surface area contributed by atoms with Crippen LogP contribution in [-0.4, -0.2) is 16.6 Å². The second-order valence-corrected chi connectivity index (χ2v) is 5.99. The van der Waals surface area contributed by atoms with Crippen LogP contribution < -0.4 is 5.56 Å². The number of hydrogen-bond acceptors (Lipinski definition) is 3. The number of aromatic amines is 1. The zero-order valence-corrected chi connectivity index (χ0v) is 13.9. The van der Waals surface area contributed by atoms with Crippen LogP contribution in [0.3, 0.4) is 0 Å². The van der Waals surface area contributed by atoms with Crippen LogP contribution >= 0.6 is 11.6 Å². The molecule has 0 spiro atoms. The fraction of sp³-hybridized carbons (Fsp3) is 0.0500. The number of Topliss-reactive ketones (excluding diaryl/α,β-unsaturated/α-hetero) is 1. The van der Waals surface area contributed by atoms with Gasteiger partial charge in [-0.25, -0.2) is 0 Å². The van der Waals surface area contributed by atoms with E-state index in [4.69, 9.17) is 11.6 Å². The van der Waals surface area contributed by atoms with Crippen molar-refractivity contribution in [1.29, 1.82) is 0 Å². The average Bonchev–Trinajstić information content (AvgIpc) is 2.60. The Hall–Kier alpha value is -2.98. The lowest BCUT2D eigenvalue weighted by molar-refractivity contribution is -0.113. The molecule has 0 aliphatic heterocycles. The maximum absolute atomic E-state index is 12.3. The number of H-pyrrole nitrogens is 1. The predicted octanol–water partition coefficient (Wildman–Crippen LogP) is 4.04. The molecule has 0 aliphatic carbocycles. The van der Waals surface area contributed by atoms with Crippen LogP contribution in [0.1, 0.15) is 22.3 Å². The van der Waals surface area contributed by atoms with Crippen molar-refractivity contribution in [3.05, 3.63) is 87.2 Å². The molecule has 0 aliphatic rings. The van der Waals surface area contributed by atoms with E-state index in [1.54, 1.807) is 48.5 Å². The van der Waals surface area contributed by atoms with Gasteiger partial charge in [0.05, 0.1) is 12.0 Å². The Morgan fingerprint density at radius 1 is 1.04 bits per heavy atom. The third kappa shape index (κ3) is 4.11. The predicted molar refractivity (Wildman–Crippen MR) is 99.0 cm³/mol. The summed E-state index contributed by atoms with van der Waals surface area (Å²) in [6.45, 7) is 0. The first kappa shape index (κ1) is 16.9. The fourth-order valence-electron chi connectivity index (χ4n) is 2.43. The van der Waals surface area contributed by atoms with Crippen LogP contribution in [0.5, 0.6) is 0 Å². The monoisotopic (exact) mass is 351 g/mol. The minimum absolute atomic E-state index is 0.00746. The summed E-state index contributed by atoms with van der Waals surface area (Å²) in [7, 11) is 0. The first-order valence-corrected chi connectivity index (χ1v) is 8.02. The molecule has 2 aromatic carbocycles. The number of pyridine rings is 1. The second kappa shape index (κ2) is 7.28. The molecule has 4 nitrogen and oxygen atoms in total. The lowest BCUT2D eigenvalue weighted by atomic mass is 10.0. The molecule has 0 radical (unpaired) electrons. The van der Waals surface area contributed by atoms with Gasteiger partial charge in [-0.15, -0.1) is 0 Å². The summed E-state index contributed by atoms with van der Waals surface area (Å²) in [4.78, 5) is 39.0. The third-order valence-corrected chi connectivity index (χ3v) is 3.97. The Balaban J connectivity index is 1.75. The van der Waals surface area contributed by atoms with Gasteiger partial charge in [0.1, 0.15) is 0 Å². The van der Waals surface area contributed by atoms with Gasteiger partial charge in [0.2, 0.25) is 0 Å². The summed E-state index contributed by atoms with van der Waals surface area (Å²) in [5, 5.41) is 1.35. The summed E-state index contributed by atoms with van der Waals surface area (Å²) >= 11 is 5.80. The van der Waals surface area contributed by atoms with Crippen LogP contribution in [0.25, 0.3) is 17.0 Å². The summed E-state index contributed by atoms with van der Waals surface area (Å²) in [6, 6.07) is 15.6. The number of ketones is 2. The van der Waals surface area contributed by atoms with Crippen molar-refractivity contribution in [2.75, 3.05) is 0 Å². The van der Waals surface area contributed by atoms with Crippen molar-refractivity contribution in [3.8, 4) is 0 Å². The average molecular weight is 352 g/mol. The number of benzene rings is 2. The van der Waals surface area contributed by atoms with Gasteiger partial charge >= 0.3 is 0 Å². The number of fused-ring (bicyclic) bond motifs is 1. The Morgan fingerprint density at radius 2 is 1.76 bits per heavy atom. The normalized spacial score (nSPS) is 11.1. The highest BCUT2D eigenvalue weighted by molar-refractivity contribution is 6.30. The standard InChI is InChI=1S/C20H14ClNO3/c21-15-8-5-13(6-9-15)7-10-16(23)12-19(24)17-11-14-3-1-2-4-18(14)22-20(17)25/h1-11H,12H2,(H,22,25)/b10-7-. The van der Waals surface area contributed by atoms with E-state index in [1.165, 1.54) is 12.1 Å². The van der Waals surface area contributed by atoms with Gasteiger partial charge in [-0.3, -0.25) is 14.4 Å². The van der Waals surface area contributed by atoms with Gasteiger partial charge < -0.3 is 4.98 Å². The first-order chi connectivity index (χ1) is 12.0. The van der Waals surface area contributed by atoms with E-state index in [9.17, 15) is 14.4 Å². The van der Waals surface area contributed by atoms with E-state index in [0.29, 0.717) is 10.5 Å². The highest BCUT2D eigenvalue weighted by atomic mass is 35.5. The van der Waals surface area contributed by atoms with Gasteiger partial charge in [0.25, 0.3) is 5.56 Å². The zero-order chi connectivity index (χ0) is 17.8. The van der Waals surface area contributed by atoms with Crippen LogP contribution in [-0.2, 0) is 4.79 Å². The van der Waals surface area contributed by atoms with Crippen molar-refractivity contribution in [2.24, 2.45) is 0 Å². The molecule has 3 rings (SSSR count). The molecule has 3 aromatic rings. The Labute approximate surface area is 148 Å². The number of nitrogens with one attached hydrogen (secondary N) is 1. The summed E-state index contributed by atoms with van der Waals surface area (Å²) in [5.41, 5.74) is 0.955. The van der Waals surface area contributed by atoms with Gasteiger partial charge in [-0.2, -0.15) is 0 Å². The molecule has 124 valence electrons. The maximum Gasteiger partial charge on any atom is 0.259 e. The molecule has 1 N–H and O–H groups in total. The highest BCUT2D eigenvalue weighted by Gasteiger charge is 2.14. The molecule has 0 unspecified atom stereocenters. The van der Waals surface area contributed by atoms with Crippen LogP contribution in [0.4, 0.5) is 0 Å². The van der Waals surface area contributed by atoms with Crippen molar-refractivity contribution in [3.63, 3.8) is 0 Å². The molecular formula is C20H14ClNO3. The van der Waals surface area contributed by atoms with Crippen LogP contribution in [0, 0.1) is 0 Å². The molecule has 0 amide bonds. The summed E-state index contributed by atoms with van der Waals surface area (Å²) in [5.74, 6) is -0.870. The third-order valence-electron chi connectivity index (χ3n) is 3.72. The number of aromatic nitrogens is 1. The highest BCUT2D eigenvalue weighted by Crippen LogP contribution is 2.13. The number of hydrogen-bond donors (Lipinski definition) is 1. The number of halogens is 1. The second-order valence-electron chi connectivity index (χ2n) is 5.55. The molecule has 1 aromatic heterocycles. The van der Waals surface area contributed by atoms with Crippen LogP contribution in [0.2, 0.25) is 5.02 Å². The lowest BCUT2D eigenvalue weighted by Gasteiger charge is -2.01. The Bertz CT molecular complexity index is 1030. The van der Waals surface area contributed by atoms with E-state index in [0.717, 1.165) is 10.9 Å². The molecule has 0 saturated carbocycles. The quantitative estimate of drug-likeness (QED) is 0.428. The largest absolute Gasteiger partial charge is 0.321 e. The minimum atomic E-state index is -0.502. The van der Waals surface area contributed by atoms with E-state index in [-0.39, 0.29) is 17.8 Å². The van der Waals surface area contributed by atoms with Crippen molar-refractivity contribution >= 4 is 40.1 Å². The van der Waals surface area contributed by atoms with E-state index in [2.05, 4.69) is 4.98 Å². The van der Waals surface area contributed by atoms with Gasteiger partial charge in [-0.1, -0.05) is 48.0 Å². The van der Waals surface area contributed by atoms with Gasteiger partial charge in [0.15, 0.2) is 11.6 Å². The van der Waals surface area contributed by atoms with Crippen LogP contribution in [0.15, 0.2) is 65.5 Å². The number of carbonyl (C=O) groups is 2. The number of rotatable bonds is 5. The topological polar surface area (TPSA) is 67.0 Å². The molecule has 25 heavy (non-hydrogen) atoms. The van der Waals surface area contributed by atoms with E-state index < -0.39 is 11.3 Å². The molecule has 0 saturated heterocycles. The number of carbonyl (C=O) groups excluding carboxylic acids is 2. The van der Waals surface area contributed by atoms with Gasteiger partial charge in [-0.05, 0) is 41.3 Å². The maximum atomic E-state index is 12.3. The smallest absolute Gasteiger partial charge is 0.259 e. The van der Waals surface area contributed by atoms with Crippen molar-refractivity contribution < 1.29 is 9.59 Å². The molecule has 0 bridgehead atoms. The lowest BCUT2D eigenvalue weighted by Crippen LogP contribution is -2.19.